The highest BCUT2D eigenvalue weighted by Crippen LogP contribution is 2.32. The lowest BCUT2D eigenvalue weighted by atomic mass is 10.1. The molecule has 10 heteroatoms. The van der Waals surface area contributed by atoms with Crippen LogP contribution in [-0.4, -0.2) is 33.3 Å². The summed E-state index contributed by atoms with van der Waals surface area (Å²) in [5, 5.41) is 10.2. The van der Waals surface area contributed by atoms with Crippen LogP contribution >= 0.6 is 11.8 Å². The number of benzene rings is 3. The molecule has 0 aromatic heterocycles. The average Bonchev–Trinajstić information content (AvgIpc) is 3.11. The number of ether oxygens (including phenoxy) is 1. The molecule has 176 valence electrons. The molecule has 0 bridgehead atoms. The minimum Gasteiger partial charge on any atom is -0.489 e. The molecule has 3 aromatic carbocycles. The van der Waals surface area contributed by atoms with E-state index in [4.69, 9.17) is 4.74 Å². The van der Waals surface area contributed by atoms with Crippen LogP contribution in [0.4, 0.5) is 14.9 Å². The van der Waals surface area contributed by atoms with Crippen molar-refractivity contribution in [3.05, 3.63) is 110 Å². The van der Waals surface area contributed by atoms with Crippen LogP contribution in [0, 0.1) is 15.9 Å². The SMILES string of the molecule is O=C(CN1C(=O)S/C(=C/c2ccc(OCc3ccccc3F)cc2)C1=O)c1ccc([N+](=O)[O-])cc1. The van der Waals surface area contributed by atoms with Gasteiger partial charge in [-0.15, -0.1) is 0 Å². The van der Waals surface area contributed by atoms with Crippen molar-refractivity contribution in [1.29, 1.82) is 0 Å². The summed E-state index contributed by atoms with van der Waals surface area (Å²) >= 11 is 0.718. The highest BCUT2D eigenvalue weighted by Gasteiger charge is 2.36. The van der Waals surface area contributed by atoms with E-state index in [-0.39, 0.29) is 28.6 Å². The van der Waals surface area contributed by atoms with Crippen LogP contribution in [0.3, 0.4) is 0 Å². The fourth-order valence-electron chi connectivity index (χ4n) is 3.23. The van der Waals surface area contributed by atoms with Gasteiger partial charge in [0.2, 0.25) is 0 Å². The van der Waals surface area contributed by atoms with Gasteiger partial charge in [-0.1, -0.05) is 30.3 Å². The molecule has 1 aliphatic heterocycles. The number of hydrogen-bond donors (Lipinski definition) is 0. The van der Waals surface area contributed by atoms with Crippen molar-refractivity contribution in [3.8, 4) is 5.75 Å². The number of Topliss-reactive ketones (excluding diaryl/α,β-unsaturated/α-hetero) is 1. The first kappa shape index (κ1) is 23.8. The summed E-state index contributed by atoms with van der Waals surface area (Å²) in [6, 6.07) is 17.9. The van der Waals surface area contributed by atoms with E-state index in [0.29, 0.717) is 16.9 Å². The molecule has 0 spiro atoms. The van der Waals surface area contributed by atoms with Crippen LogP contribution < -0.4 is 4.74 Å². The van der Waals surface area contributed by atoms with Crippen LogP contribution in [0.2, 0.25) is 0 Å². The monoisotopic (exact) mass is 492 g/mol. The van der Waals surface area contributed by atoms with Crippen molar-refractivity contribution in [3.63, 3.8) is 0 Å². The number of nitro groups is 1. The Morgan fingerprint density at radius 3 is 2.37 bits per heavy atom. The lowest BCUT2D eigenvalue weighted by Gasteiger charge is -2.11. The van der Waals surface area contributed by atoms with E-state index in [0.717, 1.165) is 16.7 Å². The first-order valence-electron chi connectivity index (χ1n) is 10.3. The minimum absolute atomic E-state index is 0.0632. The van der Waals surface area contributed by atoms with Gasteiger partial charge in [-0.3, -0.25) is 29.4 Å². The number of halogens is 1. The van der Waals surface area contributed by atoms with Crippen LogP contribution in [0.5, 0.6) is 5.75 Å². The number of ketones is 1. The Balaban J connectivity index is 1.39. The van der Waals surface area contributed by atoms with Crippen molar-refractivity contribution in [2.45, 2.75) is 6.61 Å². The van der Waals surface area contributed by atoms with Crippen LogP contribution in [0.1, 0.15) is 21.5 Å². The summed E-state index contributed by atoms with van der Waals surface area (Å²) < 4.78 is 19.3. The molecule has 4 rings (SSSR count). The first-order valence-corrected chi connectivity index (χ1v) is 11.1. The maximum absolute atomic E-state index is 13.7. The van der Waals surface area contributed by atoms with Crippen molar-refractivity contribution >= 4 is 40.5 Å². The largest absolute Gasteiger partial charge is 0.489 e. The van der Waals surface area contributed by atoms with E-state index >= 15 is 0 Å². The summed E-state index contributed by atoms with van der Waals surface area (Å²) in [5.41, 5.74) is 1.05. The van der Waals surface area contributed by atoms with E-state index in [1.807, 2.05) is 0 Å². The molecule has 0 unspecified atom stereocenters. The predicted octanol–water partition coefficient (Wildman–Crippen LogP) is 5.23. The Morgan fingerprint density at radius 2 is 1.71 bits per heavy atom. The van der Waals surface area contributed by atoms with Gasteiger partial charge in [-0.25, -0.2) is 4.39 Å². The Hall–Kier alpha value is -4.31. The summed E-state index contributed by atoms with van der Waals surface area (Å²) in [7, 11) is 0. The smallest absolute Gasteiger partial charge is 0.293 e. The van der Waals surface area contributed by atoms with Crippen LogP contribution in [-0.2, 0) is 11.4 Å². The minimum atomic E-state index is -0.602. The summed E-state index contributed by atoms with van der Waals surface area (Å²) in [4.78, 5) is 48.7. The molecular weight excluding hydrogens is 475 g/mol. The molecule has 2 amide bonds. The third-order valence-corrected chi connectivity index (χ3v) is 6.01. The topological polar surface area (TPSA) is 107 Å². The van der Waals surface area contributed by atoms with Crippen LogP contribution in [0.25, 0.3) is 6.08 Å². The van der Waals surface area contributed by atoms with Crippen molar-refractivity contribution in [2.24, 2.45) is 0 Å². The number of nitrogens with zero attached hydrogens (tertiary/aromatic N) is 2. The number of non-ortho nitro benzene ring substituents is 1. The Labute approximate surface area is 203 Å². The highest BCUT2D eigenvalue weighted by molar-refractivity contribution is 8.18. The Bertz CT molecular complexity index is 1340. The molecule has 1 aliphatic rings. The van der Waals surface area contributed by atoms with Gasteiger partial charge in [-0.2, -0.15) is 0 Å². The quantitative estimate of drug-likeness (QED) is 0.183. The maximum Gasteiger partial charge on any atom is 0.293 e. The van der Waals surface area contributed by atoms with E-state index in [2.05, 4.69) is 0 Å². The van der Waals surface area contributed by atoms with E-state index in [9.17, 15) is 28.9 Å². The normalized spacial score (nSPS) is 14.4. The molecule has 1 fully saturated rings. The van der Waals surface area contributed by atoms with Gasteiger partial charge in [-0.05, 0) is 53.7 Å². The van der Waals surface area contributed by atoms with Crippen LogP contribution in [0.15, 0.2) is 77.7 Å². The van der Waals surface area contributed by atoms with Crippen molar-refractivity contribution in [1.82, 2.24) is 4.90 Å². The first-order chi connectivity index (χ1) is 16.8. The lowest BCUT2D eigenvalue weighted by Crippen LogP contribution is -2.33. The Morgan fingerprint density at radius 1 is 1.03 bits per heavy atom. The fraction of sp³-hybridized carbons (Fsp3) is 0.0800. The maximum atomic E-state index is 13.7. The van der Waals surface area contributed by atoms with Crippen molar-refractivity contribution in [2.75, 3.05) is 6.54 Å². The summed E-state index contributed by atoms with van der Waals surface area (Å²) in [6.45, 7) is -0.406. The second-order valence-electron chi connectivity index (χ2n) is 7.44. The number of rotatable bonds is 8. The van der Waals surface area contributed by atoms with Gasteiger partial charge in [0.15, 0.2) is 5.78 Å². The molecule has 35 heavy (non-hydrogen) atoms. The third kappa shape index (κ3) is 5.61. The van der Waals surface area contributed by atoms with E-state index in [1.165, 1.54) is 36.4 Å². The van der Waals surface area contributed by atoms with E-state index in [1.54, 1.807) is 42.5 Å². The second-order valence-corrected chi connectivity index (χ2v) is 8.44. The molecule has 0 aliphatic carbocycles. The molecule has 1 saturated heterocycles. The highest BCUT2D eigenvalue weighted by atomic mass is 32.2. The Kier molecular flexibility index (Phi) is 7.02. The molecule has 3 aromatic rings. The lowest BCUT2D eigenvalue weighted by molar-refractivity contribution is -0.384. The number of nitro benzene ring substituents is 1. The van der Waals surface area contributed by atoms with Crippen molar-refractivity contribution < 1.29 is 28.4 Å². The number of amides is 2. The number of hydrogen-bond acceptors (Lipinski definition) is 7. The molecule has 0 saturated carbocycles. The third-order valence-electron chi connectivity index (χ3n) is 5.11. The fourth-order valence-corrected chi connectivity index (χ4v) is 4.07. The molecular formula is C25H17FN2O6S. The summed E-state index contributed by atoms with van der Waals surface area (Å²) in [5.74, 6) is -0.964. The molecule has 0 radical (unpaired) electrons. The zero-order valence-electron chi connectivity index (χ0n) is 18.0. The molecule has 8 nitrogen and oxygen atoms in total. The number of imide groups is 1. The average molecular weight is 492 g/mol. The van der Waals surface area contributed by atoms with Gasteiger partial charge >= 0.3 is 0 Å². The molecule has 1 heterocycles. The summed E-state index contributed by atoms with van der Waals surface area (Å²) in [6.07, 6.45) is 1.53. The van der Waals surface area contributed by atoms with E-state index < -0.39 is 28.4 Å². The number of carbonyl (C=O) groups is 3. The number of thioether (sulfide) groups is 1. The van der Waals surface area contributed by atoms with Gasteiger partial charge in [0.05, 0.1) is 16.4 Å². The van der Waals surface area contributed by atoms with Gasteiger partial charge < -0.3 is 4.74 Å². The zero-order chi connectivity index (χ0) is 24.9. The standard InChI is InChI=1S/C25H17FN2O6S/c26-21-4-2-1-3-18(21)15-34-20-11-5-16(6-12-20)13-23-24(30)27(25(31)35-23)14-22(29)17-7-9-19(10-8-17)28(32)33/h1-13H,14-15H2/b23-13+. The number of carbonyl (C=O) groups excluding carboxylic acids is 3. The molecule has 0 N–H and O–H groups in total. The second kappa shape index (κ2) is 10.3. The van der Waals surface area contributed by atoms with Gasteiger partial charge in [0, 0.05) is 23.3 Å². The van der Waals surface area contributed by atoms with Gasteiger partial charge in [0.1, 0.15) is 18.2 Å². The van der Waals surface area contributed by atoms with Gasteiger partial charge in [0.25, 0.3) is 16.8 Å². The zero-order valence-corrected chi connectivity index (χ0v) is 18.9. The predicted molar refractivity (Wildman–Crippen MR) is 127 cm³/mol. The molecule has 0 atom stereocenters.